The van der Waals surface area contributed by atoms with Crippen LogP contribution in [0.2, 0.25) is 0 Å². The van der Waals surface area contributed by atoms with Crippen LogP contribution in [0.4, 0.5) is 0 Å². The minimum atomic E-state index is -0.789. The van der Waals surface area contributed by atoms with Crippen LogP contribution in [0.1, 0.15) is 18.0 Å². The highest BCUT2D eigenvalue weighted by atomic mass is 16.4. The topological polar surface area (TPSA) is 49.3 Å². The highest BCUT2D eigenvalue weighted by Gasteiger charge is 2.11. The van der Waals surface area contributed by atoms with Crippen molar-refractivity contribution in [3.8, 4) is 0 Å². The van der Waals surface area contributed by atoms with E-state index >= 15 is 0 Å². The molecule has 0 heterocycles. The summed E-state index contributed by atoms with van der Waals surface area (Å²) in [5, 5.41) is 11.6. The van der Waals surface area contributed by atoms with E-state index < -0.39 is 5.97 Å². The second-order valence-electron chi connectivity index (χ2n) is 2.85. The molecule has 0 saturated carbocycles. The highest BCUT2D eigenvalue weighted by Crippen LogP contribution is 2.15. The first-order valence-corrected chi connectivity index (χ1v) is 4.18. The van der Waals surface area contributed by atoms with Crippen LogP contribution in [0, 0.1) is 0 Å². The number of carboxylic acids is 1. The fourth-order valence-electron chi connectivity index (χ4n) is 1.25. The maximum absolute atomic E-state index is 10.5. The molecule has 0 fully saturated rings. The van der Waals surface area contributed by atoms with Crippen LogP contribution in [-0.4, -0.2) is 18.1 Å². The Morgan fingerprint density at radius 1 is 1.46 bits per heavy atom. The molecule has 0 amide bonds. The second-order valence-corrected chi connectivity index (χ2v) is 2.85. The predicted octanol–water partition coefficient (Wildman–Crippen LogP) is 1.42. The Balaban J connectivity index is 2.73. The molecular weight excluding hydrogens is 166 g/mol. The average Bonchev–Trinajstić information content (AvgIpc) is 2.15. The minimum absolute atomic E-state index is 0.0984. The number of nitrogens with one attached hydrogen (secondary N) is 1. The number of benzene rings is 1. The molecule has 0 bridgehead atoms. The second kappa shape index (κ2) is 4.62. The third kappa shape index (κ3) is 2.87. The smallest absolute Gasteiger partial charge is 0.305 e. The Bertz CT molecular complexity index is 272. The number of carboxylic acid groups (broad SMARTS) is 1. The van der Waals surface area contributed by atoms with Crippen LogP contribution < -0.4 is 5.32 Å². The Hall–Kier alpha value is -1.35. The van der Waals surface area contributed by atoms with Gasteiger partial charge in [0.25, 0.3) is 0 Å². The van der Waals surface area contributed by atoms with E-state index in [1.165, 1.54) is 0 Å². The summed E-state index contributed by atoms with van der Waals surface area (Å²) in [5.74, 6) is -0.789. The number of aliphatic carboxylic acids is 1. The molecule has 70 valence electrons. The van der Waals surface area contributed by atoms with Crippen molar-refractivity contribution >= 4 is 5.97 Å². The van der Waals surface area contributed by atoms with Gasteiger partial charge in [-0.25, -0.2) is 0 Å². The third-order valence-electron chi connectivity index (χ3n) is 1.93. The van der Waals surface area contributed by atoms with Gasteiger partial charge in [0.2, 0.25) is 0 Å². The minimum Gasteiger partial charge on any atom is -0.481 e. The monoisotopic (exact) mass is 179 g/mol. The summed E-state index contributed by atoms with van der Waals surface area (Å²) >= 11 is 0. The molecule has 0 aliphatic rings. The van der Waals surface area contributed by atoms with Gasteiger partial charge in [0.1, 0.15) is 0 Å². The van der Waals surface area contributed by atoms with Gasteiger partial charge in [-0.2, -0.15) is 0 Å². The fraction of sp³-hybridized carbons (Fsp3) is 0.300. The Morgan fingerprint density at radius 2 is 2.08 bits per heavy atom. The molecule has 1 atom stereocenters. The summed E-state index contributed by atoms with van der Waals surface area (Å²) in [6.45, 7) is 0. The van der Waals surface area contributed by atoms with Gasteiger partial charge in [-0.3, -0.25) is 4.79 Å². The van der Waals surface area contributed by atoms with Gasteiger partial charge in [-0.1, -0.05) is 30.3 Å². The molecule has 0 unspecified atom stereocenters. The SMILES string of the molecule is CN[C@@H](CC(=O)O)c1ccccc1. The van der Waals surface area contributed by atoms with Crippen molar-refractivity contribution in [1.29, 1.82) is 0 Å². The third-order valence-corrected chi connectivity index (χ3v) is 1.93. The fourth-order valence-corrected chi connectivity index (χ4v) is 1.25. The van der Waals surface area contributed by atoms with Crippen LogP contribution in [0.5, 0.6) is 0 Å². The van der Waals surface area contributed by atoms with Gasteiger partial charge >= 0.3 is 5.97 Å². The quantitative estimate of drug-likeness (QED) is 0.735. The van der Waals surface area contributed by atoms with E-state index in [0.29, 0.717) is 0 Å². The van der Waals surface area contributed by atoms with Crippen molar-refractivity contribution < 1.29 is 9.90 Å². The van der Waals surface area contributed by atoms with E-state index in [2.05, 4.69) is 5.32 Å². The van der Waals surface area contributed by atoms with Crippen LogP contribution in [0.15, 0.2) is 30.3 Å². The van der Waals surface area contributed by atoms with E-state index in [-0.39, 0.29) is 12.5 Å². The first-order chi connectivity index (χ1) is 6.24. The molecule has 0 spiro atoms. The summed E-state index contributed by atoms with van der Waals surface area (Å²) in [4.78, 5) is 10.5. The molecule has 0 saturated heterocycles. The lowest BCUT2D eigenvalue weighted by Gasteiger charge is -2.13. The van der Waals surface area contributed by atoms with Gasteiger partial charge in [-0.15, -0.1) is 0 Å². The lowest BCUT2D eigenvalue weighted by Crippen LogP contribution is -2.19. The molecule has 3 heteroatoms. The zero-order valence-corrected chi connectivity index (χ0v) is 7.53. The molecule has 1 aromatic rings. The molecule has 3 nitrogen and oxygen atoms in total. The van der Waals surface area contributed by atoms with E-state index in [9.17, 15) is 4.79 Å². The zero-order valence-electron chi connectivity index (χ0n) is 7.53. The molecule has 0 radical (unpaired) electrons. The molecule has 0 aliphatic carbocycles. The van der Waals surface area contributed by atoms with Crippen molar-refractivity contribution in [3.63, 3.8) is 0 Å². The summed E-state index contributed by atoms with van der Waals surface area (Å²) < 4.78 is 0. The molecule has 0 aromatic heterocycles. The lowest BCUT2D eigenvalue weighted by molar-refractivity contribution is -0.137. The van der Waals surface area contributed by atoms with Crippen LogP contribution in [0.3, 0.4) is 0 Å². The van der Waals surface area contributed by atoms with Crippen molar-refractivity contribution in [1.82, 2.24) is 5.32 Å². The number of hydrogen-bond donors (Lipinski definition) is 2. The number of hydrogen-bond acceptors (Lipinski definition) is 2. The van der Waals surface area contributed by atoms with Gasteiger partial charge in [-0.05, 0) is 12.6 Å². The molecule has 2 N–H and O–H groups in total. The summed E-state index contributed by atoms with van der Waals surface area (Å²) in [7, 11) is 1.76. The molecule has 13 heavy (non-hydrogen) atoms. The van der Waals surface area contributed by atoms with Gasteiger partial charge in [0.15, 0.2) is 0 Å². The first-order valence-electron chi connectivity index (χ1n) is 4.18. The standard InChI is InChI=1S/C10H13NO2/c1-11-9(7-10(12)13)8-5-3-2-4-6-8/h2-6,9,11H,7H2,1H3,(H,12,13)/t9-/m0/s1. The van der Waals surface area contributed by atoms with Gasteiger partial charge < -0.3 is 10.4 Å². The molecule has 1 rings (SSSR count). The summed E-state index contributed by atoms with van der Waals surface area (Å²) in [6, 6.07) is 9.47. The van der Waals surface area contributed by atoms with Gasteiger partial charge in [0, 0.05) is 6.04 Å². The van der Waals surface area contributed by atoms with E-state index in [1.807, 2.05) is 30.3 Å². The largest absolute Gasteiger partial charge is 0.481 e. The highest BCUT2D eigenvalue weighted by molar-refractivity contribution is 5.67. The van der Waals surface area contributed by atoms with Crippen LogP contribution in [-0.2, 0) is 4.79 Å². The van der Waals surface area contributed by atoms with Crippen molar-refractivity contribution in [2.45, 2.75) is 12.5 Å². The van der Waals surface area contributed by atoms with E-state index in [0.717, 1.165) is 5.56 Å². The Morgan fingerprint density at radius 3 is 2.54 bits per heavy atom. The molecule has 0 aliphatic heterocycles. The molecular formula is C10H13NO2. The van der Waals surface area contributed by atoms with Crippen molar-refractivity contribution in [3.05, 3.63) is 35.9 Å². The van der Waals surface area contributed by atoms with Crippen LogP contribution in [0.25, 0.3) is 0 Å². The Kier molecular flexibility index (Phi) is 3.46. The molecule has 1 aromatic carbocycles. The normalized spacial score (nSPS) is 12.4. The maximum Gasteiger partial charge on any atom is 0.305 e. The lowest BCUT2D eigenvalue weighted by atomic mass is 10.0. The van der Waals surface area contributed by atoms with E-state index in [1.54, 1.807) is 7.05 Å². The predicted molar refractivity (Wildman–Crippen MR) is 50.5 cm³/mol. The number of rotatable bonds is 4. The van der Waals surface area contributed by atoms with Crippen molar-refractivity contribution in [2.24, 2.45) is 0 Å². The van der Waals surface area contributed by atoms with Crippen LogP contribution >= 0.6 is 0 Å². The Labute approximate surface area is 77.4 Å². The first kappa shape index (κ1) is 9.74. The summed E-state index contributed by atoms with van der Waals surface area (Å²) in [6.07, 6.45) is 0.112. The maximum atomic E-state index is 10.5. The van der Waals surface area contributed by atoms with Gasteiger partial charge in [0.05, 0.1) is 6.42 Å². The summed E-state index contributed by atoms with van der Waals surface area (Å²) in [5.41, 5.74) is 1.01. The number of carbonyl (C=O) groups is 1. The zero-order chi connectivity index (χ0) is 9.68. The average molecular weight is 179 g/mol. The van der Waals surface area contributed by atoms with E-state index in [4.69, 9.17) is 5.11 Å². The van der Waals surface area contributed by atoms with Crippen molar-refractivity contribution in [2.75, 3.05) is 7.05 Å².